The summed E-state index contributed by atoms with van der Waals surface area (Å²) in [5, 5.41) is 4.21. The molecule has 33 heavy (non-hydrogen) atoms. The molecule has 0 bridgehead atoms. The van der Waals surface area contributed by atoms with Crippen molar-refractivity contribution in [3.05, 3.63) is 108 Å². The number of thiocarbonyl (C=S) groups is 1. The molecular weight excluding hydrogens is 428 g/mol. The molecule has 3 heterocycles. The number of pyridine rings is 1. The van der Waals surface area contributed by atoms with Crippen LogP contribution in [0.15, 0.2) is 91.3 Å². The lowest BCUT2D eigenvalue weighted by molar-refractivity contribution is 0.479. The van der Waals surface area contributed by atoms with Gasteiger partial charge in [0, 0.05) is 30.3 Å². The number of para-hydroxylation sites is 1. The van der Waals surface area contributed by atoms with Crippen LogP contribution in [0.1, 0.15) is 36.0 Å². The molecule has 2 aromatic heterocycles. The summed E-state index contributed by atoms with van der Waals surface area (Å²) in [7, 11) is 0. The SMILES string of the molecule is CCn1cccc1[C@@H]1[C@H](c2ccccn2)NC(=S)N1c1ccc(Oc2ccccc2C)cc1. The first-order valence-electron chi connectivity index (χ1n) is 11.1. The van der Waals surface area contributed by atoms with E-state index in [0.29, 0.717) is 5.11 Å². The van der Waals surface area contributed by atoms with Gasteiger partial charge in [0.1, 0.15) is 17.5 Å². The van der Waals surface area contributed by atoms with Crippen LogP contribution in [0.5, 0.6) is 11.5 Å². The lowest BCUT2D eigenvalue weighted by Gasteiger charge is -2.29. The predicted octanol–water partition coefficient (Wildman–Crippen LogP) is 6.18. The molecule has 1 fully saturated rings. The number of nitrogens with one attached hydrogen (secondary N) is 1. The fourth-order valence-electron chi connectivity index (χ4n) is 4.39. The highest BCUT2D eigenvalue weighted by atomic mass is 32.1. The van der Waals surface area contributed by atoms with Gasteiger partial charge in [-0.3, -0.25) is 4.98 Å². The van der Waals surface area contributed by atoms with Gasteiger partial charge in [-0.1, -0.05) is 24.3 Å². The molecule has 6 heteroatoms. The van der Waals surface area contributed by atoms with Crippen molar-refractivity contribution < 1.29 is 4.74 Å². The fraction of sp³-hybridized carbons (Fsp3) is 0.185. The normalized spacial score (nSPS) is 17.8. The summed E-state index contributed by atoms with van der Waals surface area (Å²) in [5.41, 5.74) is 4.28. The number of anilines is 1. The number of nitrogens with zero attached hydrogens (tertiary/aromatic N) is 3. The zero-order valence-electron chi connectivity index (χ0n) is 18.7. The maximum absolute atomic E-state index is 6.10. The molecule has 1 N–H and O–H groups in total. The van der Waals surface area contributed by atoms with Gasteiger partial charge < -0.3 is 19.5 Å². The van der Waals surface area contributed by atoms with Gasteiger partial charge >= 0.3 is 0 Å². The molecule has 0 aliphatic carbocycles. The maximum Gasteiger partial charge on any atom is 0.174 e. The summed E-state index contributed by atoms with van der Waals surface area (Å²) in [6.07, 6.45) is 3.94. The quantitative estimate of drug-likeness (QED) is 0.352. The Bertz CT molecular complexity index is 1250. The summed E-state index contributed by atoms with van der Waals surface area (Å²) in [5.74, 6) is 1.65. The van der Waals surface area contributed by atoms with Gasteiger partial charge in [0.2, 0.25) is 0 Å². The van der Waals surface area contributed by atoms with Crippen molar-refractivity contribution in [1.82, 2.24) is 14.9 Å². The minimum absolute atomic E-state index is 0.0227. The van der Waals surface area contributed by atoms with Crippen molar-refractivity contribution >= 4 is 23.0 Å². The minimum Gasteiger partial charge on any atom is -0.457 e. The van der Waals surface area contributed by atoms with Crippen molar-refractivity contribution in [2.75, 3.05) is 4.90 Å². The predicted molar refractivity (Wildman–Crippen MR) is 136 cm³/mol. The highest BCUT2D eigenvalue weighted by molar-refractivity contribution is 7.80. The zero-order valence-corrected chi connectivity index (χ0v) is 19.5. The lowest BCUT2D eigenvalue weighted by Crippen LogP contribution is -2.30. The van der Waals surface area contributed by atoms with Crippen LogP contribution in [0.2, 0.25) is 0 Å². The van der Waals surface area contributed by atoms with Gasteiger partial charge in [-0.2, -0.15) is 0 Å². The Morgan fingerprint density at radius 1 is 0.970 bits per heavy atom. The first-order valence-corrected chi connectivity index (χ1v) is 11.6. The Hall–Kier alpha value is -3.64. The van der Waals surface area contributed by atoms with Crippen LogP contribution in [0.25, 0.3) is 0 Å². The molecule has 0 amide bonds. The van der Waals surface area contributed by atoms with Crippen LogP contribution >= 0.6 is 12.2 Å². The Morgan fingerprint density at radius 2 is 1.76 bits per heavy atom. The van der Waals surface area contributed by atoms with Gasteiger partial charge in [-0.05, 0) is 86.2 Å². The van der Waals surface area contributed by atoms with E-state index in [1.165, 1.54) is 5.69 Å². The third kappa shape index (κ3) is 4.10. The second kappa shape index (κ2) is 9.08. The summed E-state index contributed by atoms with van der Waals surface area (Å²) in [4.78, 5) is 6.82. The van der Waals surface area contributed by atoms with Gasteiger partial charge in [0.05, 0.1) is 11.7 Å². The molecule has 166 valence electrons. The van der Waals surface area contributed by atoms with E-state index in [0.717, 1.165) is 35.0 Å². The van der Waals surface area contributed by atoms with Gasteiger partial charge in [0.15, 0.2) is 5.11 Å². The molecule has 1 aliphatic rings. The number of ether oxygens (including phenoxy) is 1. The van der Waals surface area contributed by atoms with E-state index >= 15 is 0 Å². The van der Waals surface area contributed by atoms with Crippen LogP contribution in [0, 0.1) is 6.92 Å². The van der Waals surface area contributed by atoms with E-state index in [2.05, 4.69) is 63.2 Å². The van der Waals surface area contributed by atoms with Crippen LogP contribution < -0.4 is 15.0 Å². The highest BCUT2D eigenvalue weighted by Gasteiger charge is 2.41. The summed E-state index contributed by atoms with van der Waals surface area (Å²) in [6.45, 7) is 5.09. The van der Waals surface area contributed by atoms with E-state index in [-0.39, 0.29) is 12.1 Å². The smallest absolute Gasteiger partial charge is 0.174 e. The van der Waals surface area contributed by atoms with E-state index in [9.17, 15) is 0 Å². The number of hydrogen-bond donors (Lipinski definition) is 1. The molecule has 0 saturated carbocycles. The van der Waals surface area contributed by atoms with Crippen LogP contribution in [0.3, 0.4) is 0 Å². The number of aryl methyl sites for hydroxylation is 2. The van der Waals surface area contributed by atoms with E-state index in [1.54, 1.807) is 0 Å². The third-order valence-corrected chi connectivity index (χ3v) is 6.36. The zero-order chi connectivity index (χ0) is 22.8. The molecular formula is C27H26N4OS. The molecule has 1 aliphatic heterocycles. The second-order valence-corrected chi connectivity index (χ2v) is 8.46. The monoisotopic (exact) mass is 454 g/mol. The van der Waals surface area contributed by atoms with E-state index < -0.39 is 0 Å². The lowest BCUT2D eigenvalue weighted by atomic mass is 10.0. The molecule has 1 saturated heterocycles. The van der Waals surface area contributed by atoms with Crippen molar-refractivity contribution in [3.63, 3.8) is 0 Å². The Labute approximate surface area is 199 Å². The highest BCUT2D eigenvalue weighted by Crippen LogP contribution is 2.42. The van der Waals surface area contributed by atoms with Crippen molar-refractivity contribution in [2.45, 2.75) is 32.5 Å². The maximum atomic E-state index is 6.10. The Morgan fingerprint density at radius 3 is 2.48 bits per heavy atom. The average molecular weight is 455 g/mol. The summed E-state index contributed by atoms with van der Waals surface area (Å²) < 4.78 is 8.36. The summed E-state index contributed by atoms with van der Waals surface area (Å²) in [6, 6.07) is 26.3. The van der Waals surface area contributed by atoms with Crippen LogP contribution in [-0.2, 0) is 6.54 Å². The van der Waals surface area contributed by atoms with Gasteiger partial charge in [-0.15, -0.1) is 0 Å². The van der Waals surface area contributed by atoms with Gasteiger partial charge in [0.25, 0.3) is 0 Å². The molecule has 0 radical (unpaired) electrons. The van der Waals surface area contributed by atoms with Crippen molar-refractivity contribution in [3.8, 4) is 11.5 Å². The molecule has 2 aromatic carbocycles. The van der Waals surface area contributed by atoms with Crippen LogP contribution in [0.4, 0.5) is 5.69 Å². The standard InChI is InChI=1S/C27H26N4OS/c1-3-30-18-8-11-23(30)26-25(22-10-6-7-17-28-22)29-27(33)31(26)20-13-15-21(16-14-20)32-24-12-5-4-9-19(24)2/h4-18,25-26H,3H2,1-2H3,(H,29,33)/t25-,26+/m0/s1. The molecule has 2 atom stereocenters. The first-order chi connectivity index (χ1) is 16.2. The van der Waals surface area contributed by atoms with Crippen molar-refractivity contribution in [2.24, 2.45) is 0 Å². The van der Waals surface area contributed by atoms with Crippen molar-refractivity contribution in [1.29, 1.82) is 0 Å². The number of aromatic nitrogens is 2. The number of benzene rings is 2. The van der Waals surface area contributed by atoms with Gasteiger partial charge in [-0.25, -0.2) is 0 Å². The van der Waals surface area contributed by atoms with E-state index in [1.807, 2.05) is 61.7 Å². The van der Waals surface area contributed by atoms with E-state index in [4.69, 9.17) is 17.0 Å². The average Bonchev–Trinajstić information content (AvgIpc) is 3.45. The molecule has 4 aromatic rings. The molecule has 5 nitrogen and oxygen atoms in total. The minimum atomic E-state index is -0.0539. The first kappa shape index (κ1) is 21.2. The third-order valence-electron chi connectivity index (χ3n) is 6.04. The number of rotatable bonds is 6. The molecule has 0 spiro atoms. The Kier molecular flexibility index (Phi) is 5.84. The fourth-order valence-corrected chi connectivity index (χ4v) is 4.74. The Balaban J connectivity index is 1.50. The largest absolute Gasteiger partial charge is 0.457 e. The topological polar surface area (TPSA) is 42.3 Å². The van der Waals surface area contributed by atoms with Crippen LogP contribution in [-0.4, -0.2) is 14.7 Å². The molecule has 5 rings (SSSR count). The second-order valence-electron chi connectivity index (χ2n) is 8.08. The number of hydrogen-bond acceptors (Lipinski definition) is 3. The molecule has 0 unspecified atom stereocenters. The summed E-state index contributed by atoms with van der Waals surface area (Å²) >= 11 is 5.83.